The zero-order valence-electron chi connectivity index (χ0n) is 9.78. The highest BCUT2D eigenvalue weighted by Crippen LogP contribution is 2.21. The van der Waals surface area contributed by atoms with E-state index in [4.69, 9.17) is 10.2 Å². The number of aryl methyl sites for hydroxylation is 1. The van der Waals surface area contributed by atoms with Gasteiger partial charge in [-0.1, -0.05) is 6.07 Å². The number of hydrogen-bond donors (Lipinski definition) is 2. The van der Waals surface area contributed by atoms with Crippen LogP contribution in [0.1, 0.15) is 21.9 Å². The second-order valence-electron chi connectivity index (χ2n) is 3.88. The summed E-state index contributed by atoms with van der Waals surface area (Å²) in [6.07, 6.45) is 0. The van der Waals surface area contributed by atoms with Crippen molar-refractivity contribution in [1.29, 1.82) is 0 Å². The van der Waals surface area contributed by atoms with Gasteiger partial charge in [0.05, 0.1) is 0 Å². The molecule has 0 fully saturated rings. The van der Waals surface area contributed by atoms with Crippen molar-refractivity contribution in [3.63, 3.8) is 0 Å². The van der Waals surface area contributed by atoms with Crippen LogP contribution in [0, 0.1) is 13.8 Å². The highest BCUT2D eigenvalue weighted by molar-refractivity contribution is 6.03. The third-order valence-corrected chi connectivity index (χ3v) is 2.59. The van der Waals surface area contributed by atoms with Crippen LogP contribution >= 0.6 is 0 Å². The van der Waals surface area contributed by atoms with Crippen LogP contribution in [0.15, 0.2) is 34.7 Å². The minimum atomic E-state index is -0.271. The minimum Gasteiger partial charge on any atom is -0.456 e. The first-order chi connectivity index (χ1) is 8.08. The van der Waals surface area contributed by atoms with Gasteiger partial charge in [0, 0.05) is 11.4 Å². The first-order valence-electron chi connectivity index (χ1n) is 5.31. The van der Waals surface area contributed by atoms with Gasteiger partial charge in [-0.3, -0.25) is 4.79 Å². The van der Waals surface area contributed by atoms with Crippen molar-refractivity contribution in [3.8, 4) is 0 Å². The van der Waals surface area contributed by atoms with Crippen LogP contribution < -0.4 is 11.1 Å². The molecule has 17 heavy (non-hydrogen) atoms. The molecule has 0 aliphatic heterocycles. The van der Waals surface area contributed by atoms with Gasteiger partial charge in [0.1, 0.15) is 5.76 Å². The Morgan fingerprint density at radius 2 is 2.00 bits per heavy atom. The lowest BCUT2D eigenvalue weighted by molar-refractivity contribution is 0.0995. The lowest BCUT2D eigenvalue weighted by Gasteiger charge is -2.08. The molecule has 0 aliphatic carbocycles. The number of hydrogen-bond acceptors (Lipinski definition) is 3. The van der Waals surface area contributed by atoms with Gasteiger partial charge >= 0.3 is 0 Å². The smallest absolute Gasteiger partial charge is 0.291 e. The largest absolute Gasteiger partial charge is 0.456 e. The highest BCUT2D eigenvalue weighted by Gasteiger charge is 2.11. The Hall–Kier alpha value is -2.23. The van der Waals surface area contributed by atoms with Crippen LogP contribution in [-0.4, -0.2) is 5.91 Å². The number of anilines is 2. The standard InChI is InChI=1S/C13H14N2O2/c1-8-6-7-12(17-8)13(16)15-11-5-3-4-10(14)9(11)2/h3-7H,14H2,1-2H3,(H,15,16). The maximum absolute atomic E-state index is 11.8. The Morgan fingerprint density at radius 3 is 2.65 bits per heavy atom. The maximum atomic E-state index is 11.8. The van der Waals surface area contributed by atoms with E-state index in [-0.39, 0.29) is 5.91 Å². The number of nitrogens with two attached hydrogens (primary N) is 1. The zero-order valence-corrected chi connectivity index (χ0v) is 9.78. The Labute approximate surface area is 99.4 Å². The van der Waals surface area contributed by atoms with Crippen LogP contribution in [0.4, 0.5) is 11.4 Å². The number of carbonyl (C=O) groups is 1. The Morgan fingerprint density at radius 1 is 1.24 bits per heavy atom. The second kappa shape index (κ2) is 4.33. The average Bonchev–Trinajstić information content (AvgIpc) is 2.72. The van der Waals surface area contributed by atoms with Gasteiger partial charge in [-0.05, 0) is 43.7 Å². The Bertz CT molecular complexity index is 558. The van der Waals surface area contributed by atoms with Crippen molar-refractivity contribution in [2.75, 3.05) is 11.1 Å². The molecule has 0 saturated carbocycles. The monoisotopic (exact) mass is 230 g/mol. The molecule has 0 spiro atoms. The molecule has 4 heteroatoms. The number of benzene rings is 1. The molecule has 0 atom stereocenters. The van der Waals surface area contributed by atoms with Crippen molar-refractivity contribution < 1.29 is 9.21 Å². The summed E-state index contributed by atoms with van der Waals surface area (Å²) in [5, 5.41) is 2.77. The molecule has 1 aromatic carbocycles. The van der Waals surface area contributed by atoms with Crippen molar-refractivity contribution >= 4 is 17.3 Å². The van der Waals surface area contributed by atoms with E-state index in [0.717, 1.165) is 5.56 Å². The maximum Gasteiger partial charge on any atom is 0.291 e. The van der Waals surface area contributed by atoms with Crippen molar-refractivity contribution in [2.24, 2.45) is 0 Å². The second-order valence-corrected chi connectivity index (χ2v) is 3.88. The number of nitrogens with one attached hydrogen (secondary N) is 1. The fraction of sp³-hybridized carbons (Fsp3) is 0.154. The molecule has 0 aliphatic rings. The van der Waals surface area contributed by atoms with E-state index in [1.807, 2.05) is 6.92 Å². The summed E-state index contributed by atoms with van der Waals surface area (Å²) in [7, 11) is 0. The zero-order chi connectivity index (χ0) is 12.4. The Balaban J connectivity index is 2.21. The van der Waals surface area contributed by atoms with Gasteiger partial charge in [0.2, 0.25) is 0 Å². The summed E-state index contributed by atoms with van der Waals surface area (Å²) in [6, 6.07) is 8.79. The average molecular weight is 230 g/mol. The lowest BCUT2D eigenvalue weighted by atomic mass is 10.1. The van der Waals surface area contributed by atoms with Gasteiger partial charge in [-0.15, -0.1) is 0 Å². The summed E-state index contributed by atoms with van der Waals surface area (Å²) in [5.74, 6) is 0.732. The predicted octanol–water partition coefficient (Wildman–Crippen LogP) is 2.73. The summed E-state index contributed by atoms with van der Waals surface area (Å²) < 4.78 is 5.24. The van der Waals surface area contributed by atoms with Crippen LogP contribution in [-0.2, 0) is 0 Å². The van der Waals surface area contributed by atoms with E-state index in [0.29, 0.717) is 22.9 Å². The molecular weight excluding hydrogens is 216 g/mol. The predicted molar refractivity (Wildman–Crippen MR) is 67.0 cm³/mol. The van der Waals surface area contributed by atoms with Gasteiger partial charge in [-0.2, -0.15) is 0 Å². The number of nitrogen functional groups attached to an aromatic ring is 1. The van der Waals surface area contributed by atoms with Gasteiger partial charge in [0.15, 0.2) is 5.76 Å². The molecule has 3 N–H and O–H groups in total. The van der Waals surface area contributed by atoms with Crippen LogP contribution in [0.2, 0.25) is 0 Å². The van der Waals surface area contributed by atoms with E-state index in [2.05, 4.69) is 5.32 Å². The summed E-state index contributed by atoms with van der Waals surface area (Å²) in [5.41, 5.74) is 7.96. The van der Waals surface area contributed by atoms with Crippen LogP contribution in [0.25, 0.3) is 0 Å². The number of carbonyl (C=O) groups excluding carboxylic acids is 1. The minimum absolute atomic E-state index is 0.271. The van der Waals surface area contributed by atoms with Crippen LogP contribution in [0.3, 0.4) is 0 Å². The first-order valence-corrected chi connectivity index (χ1v) is 5.31. The molecule has 0 bridgehead atoms. The Kier molecular flexibility index (Phi) is 2.87. The first kappa shape index (κ1) is 11.3. The molecular formula is C13H14N2O2. The van der Waals surface area contributed by atoms with E-state index in [9.17, 15) is 4.79 Å². The molecule has 1 aromatic heterocycles. The van der Waals surface area contributed by atoms with Gasteiger partial charge in [0.25, 0.3) is 5.91 Å². The van der Waals surface area contributed by atoms with E-state index < -0.39 is 0 Å². The van der Waals surface area contributed by atoms with Gasteiger partial charge in [-0.25, -0.2) is 0 Å². The molecule has 0 saturated heterocycles. The molecule has 0 unspecified atom stereocenters. The van der Waals surface area contributed by atoms with Crippen molar-refractivity contribution in [3.05, 3.63) is 47.4 Å². The summed E-state index contributed by atoms with van der Waals surface area (Å²) in [6.45, 7) is 3.65. The molecule has 2 aromatic rings. The van der Waals surface area contributed by atoms with E-state index in [1.54, 1.807) is 37.3 Å². The summed E-state index contributed by atoms with van der Waals surface area (Å²) >= 11 is 0. The molecule has 1 heterocycles. The number of amides is 1. The van der Waals surface area contributed by atoms with E-state index >= 15 is 0 Å². The normalized spacial score (nSPS) is 10.2. The van der Waals surface area contributed by atoms with Crippen molar-refractivity contribution in [2.45, 2.75) is 13.8 Å². The number of rotatable bonds is 2. The van der Waals surface area contributed by atoms with Crippen LogP contribution in [0.5, 0.6) is 0 Å². The van der Waals surface area contributed by atoms with Crippen molar-refractivity contribution in [1.82, 2.24) is 0 Å². The van der Waals surface area contributed by atoms with E-state index in [1.165, 1.54) is 0 Å². The molecule has 4 nitrogen and oxygen atoms in total. The quantitative estimate of drug-likeness (QED) is 0.779. The third-order valence-electron chi connectivity index (χ3n) is 2.59. The fourth-order valence-electron chi connectivity index (χ4n) is 1.53. The molecule has 1 amide bonds. The van der Waals surface area contributed by atoms with Gasteiger partial charge < -0.3 is 15.5 Å². The topological polar surface area (TPSA) is 68.3 Å². The third kappa shape index (κ3) is 2.30. The fourth-order valence-corrected chi connectivity index (χ4v) is 1.53. The molecule has 88 valence electrons. The summed E-state index contributed by atoms with van der Waals surface area (Å²) in [4.78, 5) is 11.8. The number of furan rings is 1. The molecule has 2 rings (SSSR count). The SMILES string of the molecule is Cc1ccc(C(=O)Nc2cccc(N)c2C)o1. The highest BCUT2D eigenvalue weighted by atomic mass is 16.3. The lowest BCUT2D eigenvalue weighted by Crippen LogP contribution is -2.12. The molecule has 0 radical (unpaired) electrons.